The molecule has 1 amide bonds. The number of halogens is 2. The predicted molar refractivity (Wildman–Crippen MR) is 83.4 cm³/mol. The third-order valence-electron chi connectivity index (χ3n) is 3.41. The lowest BCUT2D eigenvalue weighted by Gasteiger charge is -2.36. The van der Waals surface area contributed by atoms with E-state index in [4.69, 9.17) is 21.1 Å². The minimum absolute atomic E-state index is 0.109. The van der Waals surface area contributed by atoms with E-state index in [0.717, 1.165) is 0 Å². The van der Waals surface area contributed by atoms with Crippen molar-refractivity contribution in [1.29, 1.82) is 0 Å². The topological polar surface area (TPSA) is 64.5 Å². The van der Waals surface area contributed by atoms with Crippen LogP contribution in [0.15, 0.2) is 12.4 Å². The van der Waals surface area contributed by atoms with Gasteiger partial charge in [0.25, 0.3) is 0 Å². The molecule has 0 unspecified atom stereocenters. The highest BCUT2D eigenvalue weighted by molar-refractivity contribution is 6.28. The molecule has 1 aliphatic heterocycles. The smallest absolute Gasteiger partial charge is 0.410 e. The number of piperidine rings is 1. The molecule has 0 atom stereocenters. The van der Waals surface area contributed by atoms with Gasteiger partial charge in [-0.25, -0.2) is 19.2 Å². The molecule has 0 spiro atoms. The van der Waals surface area contributed by atoms with E-state index in [1.54, 1.807) is 20.8 Å². The fourth-order valence-electron chi connectivity index (χ4n) is 2.15. The van der Waals surface area contributed by atoms with E-state index >= 15 is 0 Å². The van der Waals surface area contributed by atoms with Gasteiger partial charge in [-0.1, -0.05) is 0 Å². The third kappa shape index (κ3) is 5.49. The zero-order chi connectivity index (χ0) is 17.1. The monoisotopic (exact) mass is 345 g/mol. The number of amides is 1. The number of carbonyl (C=O) groups is 1. The summed E-state index contributed by atoms with van der Waals surface area (Å²) in [6, 6.07) is 0. The molecule has 1 aromatic rings. The number of carbonyl (C=O) groups excluding carboxylic acids is 1. The summed E-state index contributed by atoms with van der Waals surface area (Å²) in [5.41, 5.74) is -2.04. The van der Waals surface area contributed by atoms with Crippen molar-refractivity contribution in [3.63, 3.8) is 0 Å². The number of hydrogen-bond donors (Lipinski definition) is 0. The van der Waals surface area contributed by atoms with E-state index < -0.39 is 17.4 Å². The molecule has 128 valence electrons. The van der Waals surface area contributed by atoms with Crippen LogP contribution in [-0.2, 0) is 4.74 Å². The first-order valence-corrected chi connectivity index (χ1v) is 7.82. The molecule has 1 fully saturated rings. The van der Waals surface area contributed by atoms with Crippen molar-refractivity contribution in [2.24, 2.45) is 0 Å². The van der Waals surface area contributed by atoms with E-state index in [9.17, 15) is 9.18 Å². The second-order valence-electron chi connectivity index (χ2n) is 6.59. The number of hydrogen-bond acceptors (Lipinski definition) is 5. The van der Waals surface area contributed by atoms with Crippen LogP contribution in [0.4, 0.5) is 9.18 Å². The molecule has 0 radical (unpaired) electrons. The highest BCUT2D eigenvalue weighted by atomic mass is 35.5. The van der Waals surface area contributed by atoms with E-state index in [2.05, 4.69) is 9.97 Å². The summed E-state index contributed by atoms with van der Waals surface area (Å²) in [5, 5.41) is 0.109. The summed E-state index contributed by atoms with van der Waals surface area (Å²) in [7, 11) is 0. The first-order chi connectivity index (χ1) is 10.7. The molecule has 2 heterocycles. The maximum atomic E-state index is 14.7. The highest BCUT2D eigenvalue weighted by Gasteiger charge is 2.38. The molecule has 8 heteroatoms. The van der Waals surface area contributed by atoms with Gasteiger partial charge in [0.1, 0.15) is 17.9 Å². The SMILES string of the molecule is CC(C)(C)OC(=O)N1CCC(F)(COc2cnc(Cl)nc2)CC1. The Labute approximate surface area is 139 Å². The molecule has 1 aliphatic rings. The lowest BCUT2D eigenvalue weighted by molar-refractivity contribution is -0.00922. The number of aromatic nitrogens is 2. The van der Waals surface area contributed by atoms with Crippen LogP contribution in [0.25, 0.3) is 0 Å². The summed E-state index contributed by atoms with van der Waals surface area (Å²) in [6.45, 7) is 5.89. The van der Waals surface area contributed by atoms with E-state index in [1.165, 1.54) is 17.3 Å². The highest BCUT2D eigenvalue weighted by Crippen LogP contribution is 2.28. The number of rotatable bonds is 3. The summed E-state index contributed by atoms with van der Waals surface area (Å²) in [4.78, 5) is 21.0. The minimum Gasteiger partial charge on any atom is -0.487 e. The Bertz CT molecular complexity index is 540. The molecule has 1 saturated heterocycles. The summed E-state index contributed by atoms with van der Waals surface area (Å²) < 4.78 is 25.4. The van der Waals surface area contributed by atoms with Crippen LogP contribution in [0.2, 0.25) is 5.28 Å². The van der Waals surface area contributed by atoms with Gasteiger partial charge in [-0.05, 0) is 32.4 Å². The standard InChI is InChI=1S/C15H21ClFN3O3/c1-14(2,3)23-13(21)20-6-4-15(17,5-7-20)10-22-11-8-18-12(16)19-9-11/h8-9H,4-7,10H2,1-3H3. The summed E-state index contributed by atoms with van der Waals surface area (Å²) >= 11 is 5.58. The van der Waals surface area contributed by atoms with Crippen LogP contribution in [0.3, 0.4) is 0 Å². The van der Waals surface area contributed by atoms with E-state index in [1.807, 2.05) is 0 Å². The molecule has 0 saturated carbocycles. The van der Waals surface area contributed by atoms with Crippen molar-refractivity contribution in [2.45, 2.75) is 44.9 Å². The van der Waals surface area contributed by atoms with Gasteiger partial charge in [0.05, 0.1) is 12.4 Å². The Hall–Kier alpha value is -1.63. The van der Waals surface area contributed by atoms with Crippen LogP contribution in [-0.4, -0.2) is 51.9 Å². The van der Waals surface area contributed by atoms with Crippen molar-refractivity contribution in [3.8, 4) is 5.75 Å². The molecule has 6 nitrogen and oxygen atoms in total. The third-order valence-corrected chi connectivity index (χ3v) is 3.60. The molecule has 0 bridgehead atoms. The van der Waals surface area contributed by atoms with Crippen LogP contribution in [0, 0.1) is 0 Å². The zero-order valence-electron chi connectivity index (χ0n) is 13.5. The Kier molecular flexibility index (Phi) is 5.29. The number of alkyl halides is 1. The number of nitrogens with zero attached hydrogens (tertiary/aromatic N) is 3. The predicted octanol–water partition coefficient (Wildman–Crippen LogP) is 3.25. The maximum Gasteiger partial charge on any atom is 0.410 e. The van der Waals surface area contributed by atoms with Gasteiger partial charge in [0.2, 0.25) is 5.28 Å². The molecular weight excluding hydrogens is 325 g/mol. The second kappa shape index (κ2) is 6.86. The molecule has 1 aromatic heterocycles. The second-order valence-corrected chi connectivity index (χ2v) is 6.93. The van der Waals surface area contributed by atoms with Crippen molar-refractivity contribution in [3.05, 3.63) is 17.7 Å². The van der Waals surface area contributed by atoms with E-state index in [0.29, 0.717) is 18.8 Å². The van der Waals surface area contributed by atoms with Crippen LogP contribution >= 0.6 is 11.6 Å². The Morgan fingerprint density at radius 1 is 1.35 bits per heavy atom. The van der Waals surface area contributed by atoms with Gasteiger partial charge >= 0.3 is 6.09 Å². The fraction of sp³-hybridized carbons (Fsp3) is 0.667. The first kappa shape index (κ1) is 17.7. The summed E-state index contributed by atoms with van der Waals surface area (Å²) in [5.74, 6) is 0.362. The van der Waals surface area contributed by atoms with E-state index in [-0.39, 0.29) is 24.7 Å². The zero-order valence-corrected chi connectivity index (χ0v) is 14.3. The summed E-state index contributed by atoms with van der Waals surface area (Å²) in [6.07, 6.45) is 2.77. The largest absolute Gasteiger partial charge is 0.487 e. The lowest BCUT2D eigenvalue weighted by Crippen LogP contribution is -2.48. The van der Waals surface area contributed by atoms with Crippen molar-refractivity contribution in [1.82, 2.24) is 14.9 Å². The van der Waals surface area contributed by atoms with Gasteiger partial charge in [-0.2, -0.15) is 0 Å². The van der Waals surface area contributed by atoms with Gasteiger partial charge in [0, 0.05) is 25.9 Å². The normalized spacial score (nSPS) is 17.7. The molecule has 0 aliphatic carbocycles. The Morgan fingerprint density at radius 3 is 2.43 bits per heavy atom. The van der Waals surface area contributed by atoms with Gasteiger partial charge in [-0.15, -0.1) is 0 Å². The average Bonchev–Trinajstić information content (AvgIpc) is 2.46. The fourth-order valence-corrected chi connectivity index (χ4v) is 2.25. The molecule has 23 heavy (non-hydrogen) atoms. The van der Waals surface area contributed by atoms with Crippen molar-refractivity contribution < 1.29 is 18.7 Å². The number of ether oxygens (including phenoxy) is 2. The molecular formula is C15H21ClFN3O3. The quantitative estimate of drug-likeness (QED) is 0.787. The van der Waals surface area contributed by atoms with Gasteiger partial charge in [-0.3, -0.25) is 0 Å². The molecule has 0 aromatic carbocycles. The van der Waals surface area contributed by atoms with Crippen molar-refractivity contribution in [2.75, 3.05) is 19.7 Å². The average molecular weight is 346 g/mol. The maximum absolute atomic E-state index is 14.7. The Balaban J connectivity index is 1.82. The lowest BCUT2D eigenvalue weighted by atomic mass is 9.94. The van der Waals surface area contributed by atoms with Crippen molar-refractivity contribution >= 4 is 17.7 Å². The number of likely N-dealkylation sites (tertiary alicyclic amines) is 1. The minimum atomic E-state index is -1.49. The van der Waals surface area contributed by atoms with Crippen LogP contribution < -0.4 is 4.74 Å². The first-order valence-electron chi connectivity index (χ1n) is 7.44. The molecule has 0 N–H and O–H groups in total. The molecule has 2 rings (SSSR count). The van der Waals surface area contributed by atoms with Gasteiger partial charge in [0.15, 0.2) is 5.75 Å². The van der Waals surface area contributed by atoms with Gasteiger partial charge < -0.3 is 14.4 Å². The van der Waals surface area contributed by atoms with Crippen LogP contribution in [0.5, 0.6) is 5.75 Å². The Morgan fingerprint density at radius 2 is 1.91 bits per heavy atom. The van der Waals surface area contributed by atoms with Crippen LogP contribution in [0.1, 0.15) is 33.6 Å².